The van der Waals surface area contributed by atoms with E-state index in [1.54, 1.807) is 0 Å². The van der Waals surface area contributed by atoms with Gasteiger partial charge in [-0.3, -0.25) is 4.79 Å². The van der Waals surface area contributed by atoms with Crippen molar-refractivity contribution in [1.82, 2.24) is 0 Å². The molecule has 0 aliphatic heterocycles. The van der Waals surface area contributed by atoms with Crippen LogP contribution in [0, 0.1) is 11.6 Å². The third kappa shape index (κ3) is 5.83. The number of nitrogens with one attached hydrogen (secondary N) is 2. The van der Waals surface area contributed by atoms with Crippen molar-refractivity contribution < 1.29 is 31.5 Å². The molecule has 2 aromatic carbocycles. The van der Waals surface area contributed by atoms with Crippen molar-refractivity contribution in [1.29, 1.82) is 0 Å². The Balaban J connectivity index is 2.12. The van der Waals surface area contributed by atoms with E-state index >= 15 is 0 Å². The van der Waals surface area contributed by atoms with Crippen LogP contribution in [0.1, 0.15) is 18.9 Å². The molecule has 0 saturated heterocycles. The van der Waals surface area contributed by atoms with Crippen molar-refractivity contribution in [3.05, 3.63) is 53.6 Å². The zero-order valence-electron chi connectivity index (χ0n) is 14.3. The summed E-state index contributed by atoms with van der Waals surface area (Å²) < 4.78 is 70.7. The lowest BCUT2D eigenvalue weighted by Gasteiger charge is -2.16. The van der Waals surface area contributed by atoms with Crippen molar-refractivity contribution in [3.63, 3.8) is 0 Å². The van der Waals surface area contributed by atoms with Crippen molar-refractivity contribution >= 4 is 17.3 Å². The fourth-order valence-electron chi connectivity index (χ4n) is 2.15. The van der Waals surface area contributed by atoms with E-state index in [0.717, 1.165) is 36.4 Å². The number of benzene rings is 2. The first-order valence-corrected chi connectivity index (χ1v) is 8.03. The normalized spacial score (nSPS) is 11.2. The standard InChI is InChI=1S/C18H17F5N2O2/c1-2-7-27-16-6-3-11(18(21,22)23)8-15(16)24-10-17(26)25-14-9-12(19)4-5-13(14)20/h3-6,8-9,24H,2,7,10H2,1H3,(H,25,26). The summed E-state index contributed by atoms with van der Waals surface area (Å²) in [7, 11) is 0. The Bertz CT molecular complexity index is 809. The summed E-state index contributed by atoms with van der Waals surface area (Å²) in [5.41, 5.74) is -1.31. The van der Waals surface area contributed by atoms with Gasteiger partial charge >= 0.3 is 6.18 Å². The number of amides is 1. The van der Waals surface area contributed by atoms with Gasteiger partial charge in [0, 0.05) is 6.07 Å². The minimum absolute atomic E-state index is 0.0341. The van der Waals surface area contributed by atoms with Gasteiger partial charge in [-0.1, -0.05) is 6.92 Å². The van der Waals surface area contributed by atoms with Gasteiger partial charge in [0.1, 0.15) is 17.4 Å². The third-order valence-corrected chi connectivity index (χ3v) is 3.41. The van der Waals surface area contributed by atoms with Crippen LogP contribution in [-0.2, 0) is 11.0 Å². The molecule has 0 radical (unpaired) electrons. The second kappa shape index (κ2) is 8.70. The molecule has 146 valence electrons. The molecule has 0 aliphatic carbocycles. The Labute approximate surface area is 152 Å². The summed E-state index contributed by atoms with van der Waals surface area (Å²) in [5.74, 6) is -2.20. The minimum atomic E-state index is -4.56. The first kappa shape index (κ1) is 20.5. The molecule has 0 heterocycles. The zero-order chi connectivity index (χ0) is 20.0. The van der Waals surface area contributed by atoms with Gasteiger partial charge in [0.25, 0.3) is 0 Å². The van der Waals surface area contributed by atoms with Crippen LogP contribution in [0.25, 0.3) is 0 Å². The number of hydrogen-bond donors (Lipinski definition) is 2. The van der Waals surface area contributed by atoms with Crippen LogP contribution in [-0.4, -0.2) is 19.1 Å². The van der Waals surface area contributed by atoms with Crippen molar-refractivity contribution in [2.45, 2.75) is 19.5 Å². The Morgan fingerprint density at radius 2 is 1.81 bits per heavy atom. The molecule has 1 amide bonds. The van der Waals surface area contributed by atoms with Gasteiger partial charge in [0.15, 0.2) is 0 Å². The van der Waals surface area contributed by atoms with E-state index in [0.29, 0.717) is 6.42 Å². The van der Waals surface area contributed by atoms with Gasteiger partial charge in [-0.2, -0.15) is 13.2 Å². The maximum atomic E-state index is 13.5. The summed E-state index contributed by atoms with van der Waals surface area (Å²) >= 11 is 0. The smallest absolute Gasteiger partial charge is 0.416 e. The van der Waals surface area contributed by atoms with E-state index in [2.05, 4.69) is 10.6 Å². The maximum Gasteiger partial charge on any atom is 0.416 e. The number of anilines is 2. The molecule has 27 heavy (non-hydrogen) atoms. The van der Waals surface area contributed by atoms with Crippen LogP contribution < -0.4 is 15.4 Å². The predicted molar refractivity (Wildman–Crippen MR) is 90.7 cm³/mol. The second-order valence-electron chi connectivity index (χ2n) is 5.58. The van der Waals surface area contributed by atoms with E-state index in [9.17, 15) is 26.7 Å². The number of alkyl halides is 3. The molecule has 4 nitrogen and oxygen atoms in total. The Morgan fingerprint density at radius 3 is 2.48 bits per heavy atom. The van der Waals surface area contributed by atoms with E-state index in [1.807, 2.05) is 6.92 Å². The molecule has 2 rings (SSSR count). The van der Waals surface area contributed by atoms with Crippen LogP contribution in [0.3, 0.4) is 0 Å². The zero-order valence-corrected chi connectivity index (χ0v) is 14.3. The molecule has 9 heteroatoms. The molecule has 0 aliphatic rings. The average Bonchev–Trinajstić information content (AvgIpc) is 2.60. The highest BCUT2D eigenvalue weighted by Crippen LogP contribution is 2.35. The highest BCUT2D eigenvalue weighted by atomic mass is 19.4. The highest BCUT2D eigenvalue weighted by molar-refractivity contribution is 5.94. The van der Waals surface area contributed by atoms with Gasteiger partial charge in [0.2, 0.25) is 5.91 Å². The Hall–Kier alpha value is -2.84. The van der Waals surface area contributed by atoms with Crippen molar-refractivity contribution in [2.24, 2.45) is 0 Å². The molecular formula is C18H17F5N2O2. The summed E-state index contributed by atoms with van der Waals surface area (Å²) in [5, 5.41) is 4.68. The van der Waals surface area contributed by atoms with Gasteiger partial charge < -0.3 is 15.4 Å². The molecule has 2 N–H and O–H groups in total. The van der Waals surface area contributed by atoms with Gasteiger partial charge in [-0.15, -0.1) is 0 Å². The van der Waals surface area contributed by atoms with Gasteiger partial charge in [-0.05, 0) is 36.8 Å². The van der Waals surface area contributed by atoms with Crippen molar-refractivity contribution in [3.8, 4) is 5.75 Å². The molecule has 2 aromatic rings. The summed E-state index contributed by atoms with van der Waals surface area (Å²) in [4.78, 5) is 11.9. The lowest BCUT2D eigenvalue weighted by molar-refractivity contribution is -0.137. The van der Waals surface area contributed by atoms with E-state index < -0.39 is 35.8 Å². The van der Waals surface area contributed by atoms with Crippen LogP contribution in [0.4, 0.5) is 33.3 Å². The van der Waals surface area contributed by atoms with E-state index in [1.165, 1.54) is 0 Å². The molecular weight excluding hydrogens is 371 g/mol. The number of hydrogen-bond acceptors (Lipinski definition) is 3. The first-order valence-electron chi connectivity index (χ1n) is 8.03. The molecule has 0 bridgehead atoms. The monoisotopic (exact) mass is 388 g/mol. The van der Waals surface area contributed by atoms with Gasteiger partial charge in [-0.25, -0.2) is 8.78 Å². The van der Waals surface area contributed by atoms with Crippen LogP contribution in [0.15, 0.2) is 36.4 Å². The minimum Gasteiger partial charge on any atom is -0.491 e. The summed E-state index contributed by atoms with van der Waals surface area (Å²) in [6, 6.07) is 5.39. The molecule has 0 saturated carbocycles. The number of ether oxygens (including phenoxy) is 1. The topological polar surface area (TPSA) is 50.4 Å². The molecule has 0 aromatic heterocycles. The average molecular weight is 388 g/mol. The second-order valence-corrected chi connectivity index (χ2v) is 5.58. The highest BCUT2D eigenvalue weighted by Gasteiger charge is 2.31. The summed E-state index contributed by atoms with van der Waals surface area (Å²) in [6.07, 6.45) is -3.92. The predicted octanol–water partition coefficient (Wildman–Crippen LogP) is 4.82. The SMILES string of the molecule is CCCOc1ccc(C(F)(F)F)cc1NCC(=O)Nc1cc(F)ccc1F. The Kier molecular flexibility index (Phi) is 6.59. The lowest BCUT2D eigenvalue weighted by atomic mass is 10.1. The Morgan fingerprint density at radius 1 is 1.07 bits per heavy atom. The van der Waals surface area contributed by atoms with Crippen LogP contribution >= 0.6 is 0 Å². The largest absolute Gasteiger partial charge is 0.491 e. The van der Waals surface area contributed by atoms with Gasteiger partial charge in [0.05, 0.1) is 30.1 Å². The maximum absolute atomic E-state index is 13.5. The molecule has 0 atom stereocenters. The fraction of sp³-hybridized carbons (Fsp3) is 0.278. The third-order valence-electron chi connectivity index (χ3n) is 3.41. The fourth-order valence-corrected chi connectivity index (χ4v) is 2.15. The number of carbonyl (C=O) groups is 1. The van der Waals surface area contributed by atoms with Crippen LogP contribution in [0.2, 0.25) is 0 Å². The number of carbonyl (C=O) groups excluding carboxylic acids is 1. The molecule has 0 fully saturated rings. The van der Waals surface area contributed by atoms with Crippen LogP contribution in [0.5, 0.6) is 5.75 Å². The van der Waals surface area contributed by atoms with E-state index in [4.69, 9.17) is 4.74 Å². The first-order chi connectivity index (χ1) is 12.7. The number of rotatable bonds is 7. The molecule has 0 unspecified atom stereocenters. The lowest BCUT2D eigenvalue weighted by Crippen LogP contribution is -2.23. The van der Waals surface area contributed by atoms with Crippen molar-refractivity contribution in [2.75, 3.05) is 23.8 Å². The quantitative estimate of drug-likeness (QED) is 0.669. The summed E-state index contributed by atoms with van der Waals surface area (Å²) in [6.45, 7) is 1.64. The van der Waals surface area contributed by atoms with E-state index in [-0.39, 0.29) is 23.7 Å². The molecule has 0 spiro atoms. The number of halogens is 5.